The van der Waals surface area contributed by atoms with Gasteiger partial charge in [0, 0.05) is 18.3 Å². The minimum Gasteiger partial charge on any atom is -0.383 e. The van der Waals surface area contributed by atoms with Crippen molar-refractivity contribution in [1.29, 1.82) is 0 Å². The highest BCUT2D eigenvalue weighted by Gasteiger charge is 2.14. The van der Waals surface area contributed by atoms with Crippen LogP contribution >= 0.6 is 0 Å². The molecule has 0 amide bonds. The van der Waals surface area contributed by atoms with Crippen molar-refractivity contribution in [3.8, 4) is 0 Å². The molecule has 1 aliphatic heterocycles. The standard InChI is InChI=1S/C14H22N2/c1-11(2)13-7-3-4-8-14(13)16-10-12-6-5-9-15-12/h3-4,7-8,11-12,15-16H,5-6,9-10H2,1-2H3. The molecule has 0 saturated carbocycles. The van der Waals surface area contributed by atoms with E-state index in [0.717, 1.165) is 6.54 Å². The number of hydrogen-bond acceptors (Lipinski definition) is 2. The zero-order chi connectivity index (χ0) is 11.4. The Morgan fingerprint density at radius 2 is 2.19 bits per heavy atom. The monoisotopic (exact) mass is 218 g/mol. The Labute approximate surface area is 98.4 Å². The molecule has 1 unspecified atom stereocenters. The second-order valence-corrected chi connectivity index (χ2v) is 4.92. The first-order valence-corrected chi connectivity index (χ1v) is 6.33. The van der Waals surface area contributed by atoms with Crippen molar-refractivity contribution in [3.63, 3.8) is 0 Å². The first kappa shape index (κ1) is 11.5. The molecule has 0 aromatic heterocycles. The van der Waals surface area contributed by atoms with E-state index < -0.39 is 0 Å². The van der Waals surface area contributed by atoms with E-state index in [1.54, 1.807) is 0 Å². The van der Waals surface area contributed by atoms with Crippen molar-refractivity contribution >= 4 is 5.69 Å². The van der Waals surface area contributed by atoms with Crippen molar-refractivity contribution < 1.29 is 0 Å². The molecule has 2 nitrogen and oxygen atoms in total. The van der Waals surface area contributed by atoms with Crippen LogP contribution in [-0.4, -0.2) is 19.1 Å². The highest BCUT2D eigenvalue weighted by Crippen LogP contribution is 2.23. The molecule has 0 bridgehead atoms. The zero-order valence-electron chi connectivity index (χ0n) is 10.3. The number of rotatable bonds is 4. The normalized spacial score (nSPS) is 20.3. The molecule has 1 heterocycles. The first-order chi connectivity index (χ1) is 7.77. The molecule has 0 radical (unpaired) electrons. The topological polar surface area (TPSA) is 24.1 Å². The maximum atomic E-state index is 3.57. The van der Waals surface area contributed by atoms with E-state index in [4.69, 9.17) is 0 Å². The van der Waals surface area contributed by atoms with Crippen LogP contribution in [0.15, 0.2) is 24.3 Å². The Morgan fingerprint density at radius 3 is 2.88 bits per heavy atom. The number of anilines is 1. The van der Waals surface area contributed by atoms with Gasteiger partial charge in [-0.2, -0.15) is 0 Å². The number of benzene rings is 1. The molecule has 1 aromatic rings. The lowest BCUT2D eigenvalue weighted by atomic mass is 10.0. The van der Waals surface area contributed by atoms with Gasteiger partial charge in [0.15, 0.2) is 0 Å². The molecular formula is C14H22N2. The molecule has 16 heavy (non-hydrogen) atoms. The molecule has 88 valence electrons. The maximum Gasteiger partial charge on any atom is 0.0375 e. The third-order valence-electron chi connectivity index (χ3n) is 3.28. The summed E-state index contributed by atoms with van der Waals surface area (Å²) in [5.41, 5.74) is 2.71. The van der Waals surface area contributed by atoms with E-state index in [1.807, 2.05) is 0 Å². The Hall–Kier alpha value is -1.02. The van der Waals surface area contributed by atoms with Gasteiger partial charge in [0.05, 0.1) is 0 Å². The lowest BCUT2D eigenvalue weighted by Crippen LogP contribution is -2.29. The van der Waals surface area contributed by atoms with Gasteiger partial charge in [0.1, 0.15) is 0 Å². The van der Waals surface area contributed by atoms with Crippen molar-refractivity contribution in [1.82, 2.24) is 5.32 Å². The van der Waals surface area contributed by atoms with Crippen molar-refractivity contribution in [2.75, 3.05) is 18.4 Å². The summed E-state index contributed by atoms with van der Waals surface area (Å²) in [5.74, 6) is 0.584. The smallest absolute Gasteiger partial charge is 0.0375 e. The quantitative estimate of drug-likeness (QED) is 0.812. The van der Waals surface area contributed by atoms with Gasteiger partial charge in [-0.3, -0.25) is 0 Å². The fraction of sp³-hybridized carbons (Fsp3) is 0.571. The second-order valence-electron chi connectivity index (χ2n) is 4.92. The van der Waals surface area contributed by atoms with Crippen molar-refractivity contribution in [2.24, 2.45) is 0 Å². The summed E-state index contributed by atoms with van der Waals surface area (Å²) in [6.07, 6.45) is 2.62. The van der Waals surface area contributed by atoms with Crippen LogP contribution < -0.4 is 10.6 Å². The molecule has 2 N–H and O–H groups in total. The van der Waals surface area contributed by atoms with Gasteiger partial charge in [-0.25, -0.2) is 0 Å². The van der Waals surface area contributed by atoms with Gasteiger partial charge >= 0.3 is 0 Å². The number of para-hydroxylation sites is 1. The zero-order valence-corrected chi connectivity index (χ0v) is 10.3. The van der Waals surface area contributed by atoms with Crippen LogP contribution in [0.4, 0.5) is 5.69 Å². The Bertz CT molecular complexity index is 327. The predicted molar refractivity (Wildman–Crippen MR) is 70.0 cm³/mol. The minimum atomic E-state index is 0.584. The average molecular weight is 218 g/mol. The molecule has 1 atom stereocenters. The summed E-state index contributed by atoms with van der Waals surface area (Å²) in [4.78, 5) is 0. The van der Waals surface area contributed by atoms with E-state index >= 15 is 0 Å². The lowest BCUT2D eigenvalue weighted by Gasteiger charge is -2.17. The van der Waals surface area contributed by atoms with Gasteiger partial charge in [-0.1, -0.05) is 32.0 Å². The van der Waals surface area contributed by atoms with Gasteiger partial charge in [0.25, 0.3) is 0 Å². The molecule has 2 heteroatoms. The van der Waals surface area contributed by atoms with Crippen LogP contribution in [0, 0.1) is 0 Å². The molecule has 0 aliphatic carbocycles. The van der Waals surface area contributed by atoms with Crippen LogP contribution in [-0.2, 0) is 0 Å². The van der Waals surface area contributed by atoms with Gasteiger partial charge in [-0.05, 0) is 36.9 Å². The Morgan fingerprint density at radius 1 is 1.38 bits per heavy atom. The van der Waals surface area contributed by atoms with Gasteiger partial charge in [-0.15, -0.1) is 0 Å². The molecule has 1 saturated heterocycles. The maximum absolute atomic E-state index is 3.57. The summed E-state index contributed by atoms with van der Waals surface area (Å²) in [5, 5.41) is 7.09. The van der Waals surface area contributed by atoms with E-state index in [1.165, 1.54) is 30.6 Å². The van der Waals surface area contributed by atoms with Crippen LogP contribution in [0.5, 0.6) is 0 Å². The van der Waals surface area contributed by atoms with Crippen molar-refractivity contribution in [3.05, 3.63) is 29.8 Å². The van der Waals surface area contributed by atoms with E-state index in [9.17, 15) is 0 Å². The summed E-state index contributed by atoms with van der Waals surface area (Å²) in [6.45, 7) is 6.71. The predicted octanol–water partition coefficient (Wildman–Crippen LogP) is 2.97. The lowest BCUT2D eigenvalue weighted by molar-refractivity contribution is 0.633. The fourth-order valence-electron chi connectivity index (χ4n) is 2.33. The van der Waals surface area contributed by atoms with Crippen LogP contribution in [0.25, 0.3) is 0 Å². The van der Waals surface area contributed by atoms with E-state index in [0.29, 0.717) is 12.0 Å². The highest BCUT2D eigenvalue weighted by molar-refractivity contribution is 5.52. The molecule has 1 fully saturated rings. The Kier molecular flexibility index (Phi) is 3.83. The highest BCUT2D eigenvalue weighted by atomic mass is 15.0. The molecule has 2 rings (SSSR count). The van der Waals surface area contributed by atoms with E-state index in [-0.39, 0.29) is 0 Å². The van der Waals surface area contributed by atoms with Gasteiger partial charge < -0.3 is 10.6 Å². The summed E-state index contributed by atoms with van der Waals surface area (Å²) < 4.78 is 0. The third kappa shape index (κ3) is 2.76. The summed E-state index contributed by atoms with van der Waals surface area (Å²) >= 11 is 0. The molecule has 0 spiro atoms. The van der Waals surface area contributed by atoms with Gasteiger partial charge in [0.2, 0.25) is 0 Å². The van der Waals surface area contributed by atoms with Crippen molar-refractivity contribution in [2.45, 2.75) is 38.6 Å². The average Bonchev–Trinajstić information content (AvgIpc) is 2.79. The summed E-state index contributed by atoms with van der Waals surface area (Å²) in [6, 6.07) is 9.28. The minimum absolute atomic E-state index is 0.584. The molecule has 1 aliphatic rings. The first-order valence-electron chi connectivity index (χ1n) is 6.33. The van der Waals surface area contributed by atoms with Crippen LogP contribution in [0.2, 0.25) is 0 Å². The third-order valence-corrected chi connectivity index (χ3v) is 3.28. The Balaban J connectivity index is 1.97. The summed E-state index contributed by atoms with van der Waals surface area (Å²) in [7, 11) is 0. The molecule has 1 aromatic carbocycles. The molecular weight excluding hydrogens is 196 g/mol. The SMILES string of the molecule is CC(C)c1ccccc1NCC1CCCN1. The van der Waals surface area contributed by atoms with Crippen LogP contribution in [0.1, 0.15) is 38.2 Å². The van der Waals surface area contributed by atoms with E-state index in [2.05, 4.69) is 48.7 Å². The fourth-order valence-corrected chi connectivity index (χ4v) is 2.33. The second kappa shape index (κ2) is 5.35. The number of nitrogens with one attached hydrogen (secondary N) is 2. The van der Waals surface area contributed by atoms with Crippen LogP contribution in [0.3, 0.4) is 0 Å². The largest absolute Gasteiger partial charge is 0.383 e. The number of hydrogen-bond donors (Lipinski definition) is 2.